The number of likely N-dealkylation sites (N-methyl/N-ethyl adjacent to an activating group) is 1. The second-order valence-electron chi connectivity index (χ2n) is 3.25. The largest absolute Gasteiger partial charge is 0.358 e. The van der Waals surface area contributed by atoms with Gasteiger partial charge in [0, 0.05) is 7.05 Å². The number of benzene rings is 1. The molecule has 84 valence electrons. The van der Waals surface area contributed by atoms with Gasteiger partial charge in [0.1, 0.15) is 0 Å². The van der Waals surface area contributed by atoms with Gasteiger partial charge < -0.3 is 11.1 Å². The highest BCUT2D eigenvalue weighted by Gasteiger charge is 2.10. The molecular weight excluding hydrogens is 212 g/mol. The van der Waals surface area contributed by atoms with Crippen molar-refractivity contribution in [3.63, 3.8) is 0 Å². The van der Waals surface area contributed by atoms with E-state index in [1.54, 1.807) is 7.05 Å². The lowest BCUT2D eigenvalue weighted by Gasteiger charge is -2.09. The van der Waals surface area contributed by atoms with Crippen molar-refractivity contribution in [1.29, 1.82) is 0 Å². The molecule has 4 heteroatoms. The van der Waals surface area contributed by atoms with Crippen LogP contribution in [0.15, 0.2) is 30.3 Å². The minimum absolute atomic E-state index is 0. The van der Waals surface area contributed by atoms with Crippen LogP contribution in [0.2, 0.25) is 0 Å². The Morgan fingerprint density at radius 2 is 2.00 bits per heavy atom. The number of nitrogens with one attached hydrogen (secondary N) is 1. The summed E-state index contributed by atoms with van der Waals surface area (Å²) in [7, 11) is 1.60. The van der Waals surface area contributed by atoms with Crippen LogP contribution >= 0.6 is 12.4 Å². The molecular formula is C11H17ClN2O. The molecule has 3 nitrogen and oxygen atoms in total. The summed E-state index contributed by atoms with van der Waals surface area (Å²) in [5.41, 5.74) is 6.88. The predicted molar refractivity (Wildman–Crippen MR) is 64.1 cm³/mol. The molecule has 0 unspecified atom stereocenters. The maximum absolute atomic E-state index is 11.1. The fourth-order valence-corrected chi connectivity index (χ4v) is 1.28. The van der Waals surface area contributed by atoms with Crippen molar-refractivity contribution < 1.29 is 4.79 Å². The van der Waals surface area contributed by atoms with E-state index in [9.17, 15) is 4.79 Å². The van der Waals surface area contributed by atoms with Crippen LogP contribution in [0.25, 0.3) is 0 Å². The van der Waals surface area contributed by atoms with Crippen LogP contribution in [0.5, 0.6) is 0 Å². The van der Waals surface area contributed by atoms with Crippen LogP contribution in [0.3, 0.4) is 0 Å². The summed E-state index contributed by atoms with van der Waals surface area (Å²) in [5.74, 6) is -0.0964. The molecule has 15 heavy (non-hydrogen) atoms. The van der Waals surface area contributed by atoms with E-state index in [4.69, 9.17) is 5.73 Å². The van der Waals surface area contributed by atoms with Gasteiger partial charge in [-0.25, -0.2) is 0 Å². The Labute approximate surface area is 96.5 Å². The molecule has 0 aliphatic heterocycles. The molecule has 0 spiro atoms. The van der Waals surface area contributed by atoms with Crippen LogP contribution in [0.1, 0.15) is 12.0 Å². The molecule has 0 radical (unpaired) electrons. The zero-order valence-electron chi connectivity index (χ0n) is 8.77. The second-order valence-corrected chi connectivity index (χ2v) is 3.25. The summed E-state index contributed by atoms with van der Waals surface area (Å²) < 4.78 is 0. The maximum Gasteiger partial charge on any atom is 0.236 e. The topological polar surface area (TPSA) is 55.1 Å². The first-order valence-electron chi connectivity index (χ1n) is 4.75. The first-order valence-corrected chi connectivity index (χ1v) is 4.75. The Kier molecular flexibility index (Phi) is 6.75. The first-order chi connectivity index (χ1) is 6.74. The van der Waals surface area contributed by atoms with Crippen molar-refractivity contribution in [3.05, 3.63) is 35.9 Å². The van der Waals surface area contributed by atoms with Crippen LogP contribution < -0.4 is 11.1 Å². The lowest BCUT2D eigenvalue weighted by Crippen LogP contribution is -2.38. The van der Waals surface area contributed by atoms with E-state index in [0.717, 1.165) is 6.42 Å². The van der Waals surface area contributed by atoms with Gasteiger partial charge in [-0.1, -0.05) is 30.3 Å². The molecule has 0 bridgehead atoms. The first kappa shape index (κ1) is 13.9. The number of carbonyl (C=O) groups excluding carboxylic acids is 1. The highest BCUT2D eigenvalue weighted by molar-refractivity contribution is 5.85. The van der Waals surface area contributed by atoms with Crippen LogP contribution in [0, 0.1) is 0 Å². The van der Waals surface area contributed by atoms with E-state index < -0.39 is 6.04 Å². The minimum atomic E-state index is -0.403. The average Bonchev–Trinajstić information content (AvgIpc) is 2.26. The summed E-state index contributed by atoms with van der Waals surface area (Å²) in [5, 5.41) is 2.54. The number of aryl methyl sites for hydroxylation is 1. The number of carbonyl (C=O) groups is 1. The monoisotopic (exact) mass is 228 g/mol. The smallest absolute Gasteiger partial charge is 0.236 e. The molecule has 0 aliphatic carbocycles. The van der Waals surface area contributed by atoms with Gasteiger partial charge in [0.05, 0.1) is 6.04 Å². The summed E-state index contributed by atoms with van der Waals surface area (Å²) in [4.78, 5) is 11.1. The SMILES string of the molecule is CNC(=O)[C@@H](N)CCc1ccccc1.Cl. The summed E-state index contributed by atoms with van der Waals surface area (Å²) in [6.45, 7) is 0. The third-order valence-corrected chi connectivity index (χ3v) is 2.17. The van der Waals surface area contributed by atoms with Gasteiger partial charge in [0.15, 0.2) is 0 Å². The Morgan fingerprint density at radius 1 is 1.40 bits per heavy atom. The highest BCUT2D eigenvalue weighted by atomic mass is 35.5. The van der Waals surface area contributed by atoms with Crippen LogP contribution in [-0.4, -0.2) is 19.0 Å². The van der Waals surface area contributed by atoms with E-state index >= 15 is 0 Å². The maximum atomic E-state index is 11.1. The quantitative estimate of drug-likeness (QED) is 0.812. The van der Waals surface area contributed by atoms with Gasteiger partial charge in [-0.2, -0.15) is 0 Å². The Morgan fingerprint density at radius 3 is 2.53 bits per heavy atom. The average molecular weight is 229 g/mol. The van der Waals surface area contributed by atoms with Gasteiger partial charge in [-0.05, 0) is 18.4 Å². The van der Waals surface area contributed by atoms with Crippen LogP contribution in [0.4, 0.5) is 0 Å². The van der Waals surface area contributed by atoms with Gasteiger partial charge in [0.2, 0.25) is 5.91 Å². The Balaban J connectivity index is 0.00000196. The normalized spacial score (nSPS) is 11.3. The zero-order valence-corrected chi connectivity index (χ0v) is 9.59. The standard InChI is InChI=1S/C11H16N2O.ClH/c1-13-11(14)10(12)8-7-9-5-3-2-4-6-9;/h2-6,10H,7-8,12H2,1H3,(H,13,14);1H/t10-;/m0./s1. The van der Waals surface area contributed by atoms with Crippen molar-refractivity contribution in [3.8, 4) is 0 Å². The number of rotatable bonds is 4. The van der Waals surface area contributed by atoms with E-state index in [2.05, 4.69) is 5.32 Å². The molecule has 0 saturated carbocycles. The van der Waals surface area contributed by atoms with Crippen LogP contribution in [-0.2, 0) is 11.2 Å². The number of amides is 1. The predicted octanol–water partition coefficient (Wildman–Crippen LogP) is 1.11. The van der Waals surface area contributed by atoms with Gasteiger partial charge >= 0.3 is 0 Å². The summed E-state index contributed by atoms with van der Waals surface area (Å²) in [6, 6.07) is 9.62. The third-order valence-electron chi connectivity index (χ3n) is 2.17. The lowest BCUT2D eigenvalue weighted by molar-refractivity contribution is -0.121. The molecule has 1 rings (SSSR count). The molecule has 0 aliphatic rings. The second kappa shape index (κ2) is 7.26. The molecule has 1 aromatic rings. The molecule has 1 atom stereocenters. The Hall–Kier alpha value is -1.06. The van der Waals surface area contributed by atoms with Gasteiger partial charge in [-0.15, -0.1) is 12.4 Å². The molecule has 1 aromatic carbocycles. The van der Waals surface area contributed by atoms with E-state index in [1.807, 2.05) is 30.3 Å². The molecule has 0 fully saturated rings. The third kappa shape index (κ3) is 4.81. The van der Waals surface area contributed by atoms with E-state index in [0.29, 0.717) is 6.42 Å². The number of hydrogen-bond donors (Lipinski definition) is 2. The molecule has 3 N–H and O–H groups in total. The number of hydrogen-bond acceptors (Lipinski definition) is 2. The molecule has 0 aromatic heterocycles. The number of halogens is 1. The Bertz CT molecular complexity index is 290. The van der Waals surface area contributed by atoms with Crippen molar-refractivity contribution in [2.75, 3.05) is 7.05 Å². The zero-order chi connectivity index (χ0) is 10.4. The molecule has 0 saturated heterocycles. The van der Waals surface area contributed by atoms with Crippen molar-refractivity contribution in [2.45, 2.75) is 18.9 Å². The minimum Gasteiger partial charge on any atom is -0.358 e. The number of nitrogens with two attached hydrogens (primary N) is 1. The van der Waals surface area contributed by atoms with Gasteiger partial charge in [-0.3, -0.25) is 4.79 Å². The molecule has 0 heterocycles. The van der Waals surface area contributed by atoms with E-state index in [-0.39, 0.29) is 18.3 Å². The van der Waals surface area contributed by atoms with Gasteiger partial charge in [0.25, 0.3) is 0 Å². The van der Waals surface area contributed by atoms with Crippen molar-refractivity contribution >= 4 is 18.3 Å². The fourth-order valence-electron chi connectivity index (χ4n) is 1.28. The van der Waals surface area contributed by atoms with Crippen molar-refractivity contribution in [2.24, 2.45) is 5.73 Å². The fraction of sp³-hybridized carbons (Fsp3) is 0.364. The highest BCUT2D eigenvalue weighted by Crippen LogP contribution is 2.03. The molecule has 1 amide bonds. The summed E-state index contributed by atoms with van der Waals surface area (Å²) in [6.07, 6.45) is 1.53. The van der Waals surface area contributed by atoms with Crippen molar-refractivity contribution in [1.82, 2.24) is 5.32 Å². The summed E-state index contributed by atoms with van der Waals surface area (Å²) >= 11 is 0. The van der Waals surface area contributed by atoms with E-state index in [1.165, 1.54) is 5.56 Å². The lowest BCUT2D eigenvalue weighted by atomic mass is 10.1.